The Kier molecular flexibility index (Phi) is 3.59. The molecule has 24 heavy (non-hydrogen) atoms. The van der Waals surface area contributed by atoms with E-state index < -0.39 is 0 Å². The average molecular weight is 333 g/mol. The van der Waals surface area contributed by atoms with E-state index in [9.17, 15) is 0 Å². The van der Waals surface area contributed by atoms with Crippen LogP contribution in [-0.4, -0.2) is 14.5 Å². The van der Waals surface area contributed by atoms with Gasteiger partial charge in [0.15, 0.2) is 0 Å². The fraction of sp³-hybridized carbons (Fsp3) is 0.0556. The first-order valence-electron chi connectivity index (χ1n) is 7.50. The molecule has 0 aliphatic heterocycles. The average Bonchev–Trinajstić information content (AvgIpc) is 3.14. The van der Waals surface area contributed by atoms with E-state index in [1.807, 2.05) is 61.0 Å². The second-order valence-corrected chi connectivity index (χ2v) is 6.35. The monoisotopic (exact) mass is 333 g/mol. The summed E-state index contributed by atoms with van der Waals surface area (Å²) < 4.78 is 1.79. The molecule has 3 aromatic heterocycles. The first kappa shape index (κ1) is 14.6. The highest BCUT2D eigenvalue weighted by molar-refractivity contribution is 7.13. The lowest BCUT2D eigenvalue weighted by Gasteiger charge is -2.10. The summed E-state index contributed by atoms with van der Waals surface area (Å²) in [4.78, 5) is 10.1. The topological polar surface area (TPSA) is 66.6 Å². The highest BCUT2D eigenvalue weighted by atomic mass is 32.1. The summed E-state index contributed by atoms with van der Waals surface area (Å²) in [6.07, 6.45) is 1.80. The molecule has 0 spiro atoms. The SMILES string of the molecule is Cn1c(=N)c(-c2cccs2)cc2cnc(Nc3ccccc3)nc21. The minimum absolute atomic E-state index is 0.439. The highest BCUT2D eigenvalue weighted by Crippen LogP contribution is 2.24. The smallest absolute Gasteiger partial charge is 0.229 e. The van der Waals surface area contributed by atoms with Crippen molar-refractivity contribution in [1.29, 1.82) is 5.41 Å². The Morgan fingerprint density at radius 3 is 2.71 bits per heavy atom. The first-order chi connectivity index (χ1) is 11.7. The molecule has 4 aromatic rings. The van der Waals surface area contributed by atoms with Crippen LogP contribution >= 0.6 is 11.3 Å². The van der Waals surface area contributed by atoms with Gasteiger partial charge in [0.05, 0.1) is 0 Å². The second kappa shape index (κ2) is 5.90. The van der Waals surface area contributed by atoms with Crippen molar-refractivity contribution in [1.82, 2.24) is 14.5 Å². The Balaban J connectivity index is 1.82. The molecule has 0 fully saturated rings. The molecule has 118 valence electrons. The quantitative estimate of drug-likeness (QED) is 0.597. The second-order valence-electron chi connectivity index (χ2n) is 5.41. The third kappa shape index (κ3) is 2.57. The summed E-state index contributed by atoms with van der Waals surface area (Å²) in [5.74, 6) is 0.521. The molecule has 3 heterocycles. The van der Waals surface area contributed by atoms with Crippen LogP contribution in [0.1, 0.15) is 0 Å². The van der Waals surface area contributed by atoms with Crippen molar-refractivity contribution in [2.75, 3.05) is 5.32 Å². The summed E-state index contributed by atoms with van der Waals surface area (Å²) in [6, 6.07) is 15.8. The predicted molar refractivity (Wildman–Crippen MR) is 97.4 cm³/mol. The number of rotatable bonds is 3. The molecule has 6 heteroatoms. The molecule has 2 N–H and O–H groups in total. The van der Waals surface area contributed by atoms with E-state index in [4.69, 9.17) is 5.41 Å². The molecule has 0 atom stereocenters. The van der Waals surface area contributed by atoms with Crippen molar-refractivity contribution in [3.63, 3.8) is 0 Å². The largest absolute Gasteiger partial charge is 0.324 e. The van der Waals surface area contributed by atoms with Crippen molar-refractivity contribution in [2.45, 2.75) is 0 Å². The van der Waals surface area contributed by atoms with Crippen molar-refractivity contribution in [3.8, 4) is 10.4 Å². The molecule has 5 nitrogen and oxygen atoms in total. The Labute approximate surface area is 142 Å². The third-order valence-corrected chi connectivity index (χ3v) is 4.72. The van der Waals surface area contributed by atoms with E-state index in [1.165, 1.54) is 0 Å². The number of aromatic nitrogens is 3. The fourth-order valence-corrected chi connectivity index (χ4v) is 3.34. The number of fused-ring (bicyclic) bond motifs is 1. The summed E-state index contributed by atoms with van der Waals surface area (Å²) in [5.41, 5.74) is 3.00. The molecule has 4 rings (SSSR count). The van der Waals surface area contributed by atoms with E-state index in [1.54, 1.807) is 22.1 Å². The molecule has 0 radical (unpaired) electrons. The molecule has 0 saturated heterocycles. The summed E-state index contributed by atoms with van der Waals surface area (Å²) in [5, 5.41) is 14.6. The normalized spacial score (nSPS) is 10.9. The van der Waals surface area contributed by atoms with Gasteiger partial charge < -0.3 is 9.88 Å². The van der Waals surface area contributed by atoms with Gasteiger partial charge in [-0.15, -0.1) is 11.3 Å². The number of hydrogen-bond donors (Lipinski definition) is 2. The Bertz CT molecular complexity index is 1050. The number of benzene rings is 1. The van der Waals surface area contributed by atoms with E-state index in [2.05, 4.69) is 15.3 Å². The number of thiophene rings is 1. The number of pyridine rings is 1. The zero-order valence-electron chi connectivity index (χ0n) is 13.0. The van der Waals surface area contributed by atoms with Gasteiger partial charge in [-0.1, -0.05) is 24.3 Å². The predicted octanol–water partition coefficient (Wildman–Crippen LogP) is 3.92. The molecule has 0 unspecified atom stereocenters. The van der Waals surface area contributed by atoms with Crippen LogP contribution in [0.3, 0.4) is 0 Å². The molecular weight excluding hydrogens is 318 g/mol. The molecule has 0 aliphatic rings. The van der Waals surface area contributed by atoms with Crippen molar-refractivity contribution in [2.24, 2.45) is 7.05 Å². The lowest BCUT2D eigenvalue weighted by molar-refractivity contribution is 0.844. The van der Waals surface area contributed by atoms with Gasteiger partial charge in [-0.3, -0.25) is 5.41 Å². The van der Waals surface area contributed by atoms with Crippen LogP contribution in [0.15, 0.2) is 60.1 Å². The summed E-state index contributed by atoms with van der Waals surface area (Å²) in [7, 11) is 1.86. The lowest BCUT2D eigenvalue weighted by atomic mass is 10.2. The van der Waals surface area contributed by atoms with Gasteiger partial charge >= 0.3 is 0 Å². The Morgan fingerprint density at radius 1 is 1.12 bits per heavy atom. The molecular formula is C18H15N5S. The maximum atomic E-state index is 8.43. The van der Waals surface area contributed by atoms with Crippen molar-refractivity contribution < 1.29 is 0 Å². The molecule has 0 bridgehead atoms. The Morgan fingerprint density at radius 2 is 1.96 bits per heavy atom. The highest BCUT2D eigenvalue weighted by Gasteiger charge is 2.10. The maximum Gasteiger partial charge on any atom is 0.229 e. The molecule has 0 saturated carbocycles. The zero-order chi connectivity index (χ0) is 16.5. The Hall–Kier alpha value is -2.99. The van der Waals surface area contributed by atoms with E-state index in [-0.39, 0.29) is 0 Å². The van der Waals surface area contributed by atoms with Crippen molar-refractivity contribution in [3.05, 3.63) is 65.6 Å². The number of nitrogens with one attached hydrogen (secondary N) is 2. The zero-order valence-corrected chi connectivity index (χ0v) is 13.8. The van der Waals surface area contributed by atoms with Crippen LogP contribution in [-0.2, 0) is 7.05 Å². The van der Waals surface area contributed by atoms with Gasteiger partial charge in [-0.2, -0.15) is 4.98 Å². The van der Waals surface area contributed by atoms with Crippen LogP contribution in [0.25, 0.3) is 21.5 Å². The van der Waals surface area contributed by atoms with Crippen molar-refractivity contribution >= 4 is 34.0 Å². The molecule has 0 amide bonds. The van der Waals surface area contributed by atoms with Crippen LogP contribution in [0.2, 0.25) is 0 Å². The van der Waals surface area contributed by atoms with Gasteiger partial charge in [0, 0.05) is 34.8 Å². The first-order valence-corrected chi connectivity index (χ1v) is 8.37. The van der Waals surface area contributed by atoms with Crippen LogP contribution in [0, 0.1) is 5.41 Å². The van der Waals surface area contributed by atoms with Gasteiger partial charge in [0.2, 0.25) is 5.95 Å². The minimum atomic E-state index is 0.439. The number of nitrogens with zero attached hydrogens (tertiary/aromatic N) is 3. The van der Waals surface area contributed by atoms with Crippen LogP contribution in [0.5, 0.6) is 0 Å². The number of anilines is 2. The molecule has 1 aromatic carbocycles. The van der Waals surface area contributed by atoms with Gasteiger partial charge in [-0.05, 0) is 29.6 Å². The number of para-hydroxylation sites is 1. The molecule has 0 aliphatic carbocycles. The van der Waals surface area contributed by atoms with Gasteiger partial charge in [-0.25, -0.2) is 4.98 Å². The standard InChI is InChI=1S/C18H15N5S/c1-23-16(19)14(15-8-5-9-24-15)10-12-11-20-18(22-17(12)23)21-13-6-3-2-4-7-13/h2-11,19H,1H3,(H,20,21,22). The van der Waals surface area contributed by atoms with Crippen LogP contribution in [0.4, 0.5) is 11.6 Å². The number of hydrogen-bond acceptors (Lipinski definition) is 5. The van der Waals surface area contributed by atoms with E-state index >= 15 is 0 Å². The maximum absolute atomic E-state index is 8.43. The van der Waals surface area contributed by atoms with Crippen LogP contribution < -0.4 is 10.8 Å². The van der Waals surface area contributed by atoms with E-state index in [0.717, 1.165) is 27.2 Å². The van der Waals surface area contributed by atoms with E-state index in [0.29, 0.717) is 11.4 Å². The summed E-state index contributed by atoms with van der Waals surface area (Å²) >= 11 is 1.63. The minimum Gasteiger partial charge on any atom is -0.324 e. The van der Waals surface area contributed by atoms with Gasteiger partial charge in [0.1, 0.15) is 11.1 Å². The van der Waals surface area contributed by atoms with Gasteiger partial charge in [0.25, 0.3) is 0 Å². The third-order valence-electron chi connectivity index (χ3n) is 3.82. The fourth-order valence-electron chi connectivity index (χ4n) is 2.59. The lowest BCUT2D eigenvalue weighted by Crippen LogP contribution is -2.20. The summed E-state index contributed by atoms with van der Waals surface area (Å²) in [6.45, 7) is 0. The number of aryl methyl sites for hydroxylation is 1.